The van der Waals surface area contributed by atoms with E-state index in [-0.39, 0.29) is 0 Å². The number of anilines is 1. The molecule has 14 heavy (non-hydrogen) atoms. The van der Waals surface area contributed by atoms with Crippen LogP contribution in [0.25, 0.3) is 0 Å². The lowest BCUT2D eigenvalue weighted by Crippen LogP contribution is -2.34. The van der Waals surface area contributed by atoms with E-state index >= 15 is 0 Å². The highest BCUT2D eigenvalue weighted by atomic mass is 79.9. The van der Waals surface area contributed by atoms with E-state index in [0.29, 0.717) is 12.0 Å². The second kappa shape index (κ2) is 4.73. The van der Waals surface area contributed by atoms with Gasteiger partial charge < -0.3 is 4.90 Å². The minimum absolute atomic E-state index is 0.459. The molecule has 0 amide bonds. The van der Waals surface area contributed by atoms with Gasteiger partial charge in [-0.05, 0) is 28.8 Å². The van der Waals surface area contributed by atoms with Crippen molar-refractivity contribution in [2.75, 3.05) is 11.9 Å². The molecule has 1 heterocycles. The quantitative estimate of drug-likeness (QED) is 0.834. The molecule has 0 spiro atoms. The van der Waals surface area contributed by atoms with Crippen molar-refractivity contribution in [2.45, 2.75) is 26.8 Å². The molecule has 0 saturated heterocycles. The first kappa shape index (κ1) is 11.4. The molecule has 1 aromatic heterocycles. The Morgan fingerprint density at radius 2 is 2.00 bits per heavy atom. The van der Waals surface area contributed by atoms with Gasteiger partial charge in [0.15, 0.2) is 0 Å². The lowest BCUT2D eigenvalue weighted by Gasteiger charge is -2.29. The van der Waals surface area contributed by atoms with Crippen LogP contribution in [0.2, 0.25) is 0 Å². The fraction of sp³-hybridized carbons (Fsp3) is 0.600. The van der Waals surface area contributed by atoms with Crippen molar-refractivity contribution >= 4 is 21.7 Å². The van der Waals surface area contributed by atoms with E-state index in [1.807, 2.05) is 0 Å². The molecule has 0 bridgehead atoms. The van der Waals surface area contributed by atoms with E-state index in [1.165, 1.54) is 0 Å². The third-order valence-corrected chi connectivity index (χ3v) is 3.12. The van der Waals surface area contributed by atoms with Crippen molar-refractivity contribution in [2.24, 2.45) is 5.92 Å². The summed E-state index contributed by atoms with van der Waals surface area (Å²) in [4.78, 5) is 10.4. The maximum Gasteiger partial charge on any atom is 0.146 e. The van der Waals surface area contributed by atoms with Gasteiger partial charge >= 0.3 is 0 Å². The van der Waals surface area contributed by atoms with Crippen LogP contribution in [-0.4, -0.2) is 23.1 Å². The first-order valence-corrected chi connectivity index (χ1v) is 5.51. The molecule has 0 aliphatic heterocycles. The first-order valence-electron chi connectivity index (χ1n) is 4.72. The van der Waals surface area contributed by atoms with Crippen molar-refractivity contribution in [3.63, 3.8) is 0 Å². The molecule has 4 heteroatoms. The maximum absolute atomic E-state index is 4.25. The molecule has 0 N–H and O–H groups in total. The first-order chi connectivity index (χ1) is 6.54. The van der Waals surface area contributed by atoms with Gasteiger partial charge in [0, 0.05) is 19.3 Å². The number of hydrogen-bond acceptors (Lipinski definition) is 3. The van der Waals surface area contributed by atoms with Crippen molar-refractivity contribution in [3.05, 3.63) is 17.0 Å². The second-order valence-electron chi connectivity index (χ2n) is 3.79. The van der Waals surface area contributed by atoms with Gasteiger partial charge in [-0.2, -0.15) is 0 Å². The van der Waals surface area contributed by atoms with Crippen molar-refractivity contribution in [1.82, 2.24) is 9.97 Å². The highest BCUT2D eigenvalue weighted by Crippen LogP contribution is 2.24. The van der Waals surface area contributed by atoms with Gasteiger partial charge in [0.1, 0.15) is 12.1 Å². The molecule has 1 rings (SSSR count). The van der Waals surface area contributed by atoms with E-state index in [2.05, 4.69) is 58.6 Å². The summed E-state index contributed by atoms with van der Waals surface area (Å²) in [6, 6.07) is 0.459. The fourth-order valence-corrected chi connectivity index (χ4v) is 1.71. The van der Waals surface area contributed by atoms with Crippen LogP contribution < -0.4 is 4.90 Å². The Morgan fingerprint density at radius 1 is 1.36 bits per heavy atom. The zero-order valence-electron chi connectivity index (χ0n) is 9.03. The van der Waals surface area contributed by atoms with Crippen LogP contribution in [0, 0.1) is 5.92 Å². The van der Waals surface area contributed by atoms with E-state index in [1.54, 1.807) is 12.5 Å². The van der Waals surface area contributed by atoms with Crippen molar-refractivity contribution < 1.29 is 0 Å². The summed E-state index contributed by atoms with van der Waals surface area (Å²) in [5.41, 5.74) is 0. The minimum Gasteiger partial charge on any atom is -0.356 e. The predicted molar refractivity (Wildman–Crippen MR) is 62.4 cm³/mol. The van der Waals surface area contributed by atoms with Gasteiger partial charge in [0.2, 0.25) is 0 Å². The van der Waals surface area contributed by atoms with E-state index < -0.39 is 0 Å². The average molecular weight is 258 g/mol. The molecular formula is C10H16BrN3. The largest absolute Gasteiger partial charge is 0.356 e. The topological polar surface area (TPSA) is 29.0 Å². The molecule has 0 aliphatic rings. The average Bonchev–Trinajstić information content (AvgIpc) is 2.16. The van der Waals surface area contributed by atoms with Crippen LogP contribution in [0.5, 0.6) is 0 Å². The Bertz CT molecular complexity index is 301. The normalized spacial score (nSPS) is 13.0. The Hall–Kier alpha value is -0.640. The number of halogens is 1. The third kappa shape index (κ3) is 2.44. The number of aromatic nitrogens is 2. The van der Waals surface area contributed by atoms with Gasteiger partial charge in [-0.25, -0.2) is 9.97 Å². The summed E-state index contributed by atoms with van der Waals surface area (Å²) >= 11 is 3.45. The number of hydrogen-bond donors (Lipinski definition) is 0. The summed E-state index contributed by atoms with van der Waals surface area (Å²) in [7, 11) is 2.05. The molecule has 0 aromatic carbocycles. The smallest absolute Gasteiger partial charge is 0.146 e. The van der Waals surface area contributed by atoms with Crippen LogP contribution in [0.1, 0.15) is 20.8 Å². The zero-order chi connectivity index (χ0) is 10.7. The second-order valence-corrected chi connectivity index (χ2v) is 4.64. The van der Waals surface area contributed by atoms with Crippen molar-refractivity contribution in [1.29, 1.82) is 0 Å². The lowest BCUT2D eigenvalue weighted by molar-refractivity contribution is 0.502. The van der Waals surface area contributed by atoms with Gasteiger partial charge in [0.05, 0.1) is 4.47 Å². The van der Waals surface area contributed by atoms with E-state index in [4.69, 9.17) is 0 Å². The molecule has 1 unspecified atom stereocenters. The number of nitrogens with zero attached hydrogens (tertiary/aromatic N) is 3. The molecular weight excluding hydrogens is 242 g/mol. The van der Waals surface area contributed by atoms with Crippen LogP contribution in [0.4, 0.5) is 5.82 Å². The van der Waals surface area contributed by atoms with Gasteiger partial charge in [-0.15, -0.1) is 0 Å². The van der Waals surface area contributed by atoms with Crippen LogP contribution in [0.3, 0.4) is 0 Å². The highest BCUT2D eigenvalue weighted by molar-refractivity contribution is 9.10. The molecule has 3 nitrogen and oxygen atoms in total. The Kier molecular flexibility index (Phi) is 3.86. The molecule has 0 aliphatic carbocycles. The zero-order valence-corrected chi connectivity index (χ0v) is 10.6. The van der Waals surface area contributed by atoms with Crippen LogP contribution in [-0.2, 0) is 0 Å². The van der Waals surface area contributed by atoms with E-state index in [9.17, 15) is 0 Å². The summed E-state index contributed by atoms with van der Waals surface area (Å²) in [5.74, 6) is 1.54. The van der Waals surface area contributed by atoms with Gasteiger partial charge in [-0.3, -0.25) is 0 Å². The van der Waals surface area contributed by atoms with Crippen molar-refractivity contribution in [3.8, 4) is 0 Å². The monoisotopic (exact) mass is 257 g/mol. The Morgan fingerprint density at radius 3 is 2.50 bits per heavy atom. The lowest BCUT2D eigenvalue weighted by atomic mass is 10.1. The van der Waals surface area contributed by atoms with E-state index in [0.717, 1.165) is 10.3 Å². The van der Waals surface area contributed by atoms with Gasteiger partial charge in [0.25, 0.3) is 0 Å². The SMILES string of the molecule is CC(C)C(C)N(C)c1ncncc1Br. The van der Waals surface area contributed by atoms with Crippen LogP contribution in [0.15, 0.2) is 17.0 Å². The molecule has 78 valence electrons. The summed E-state index contributed by atoms with van der Waals surface area (Å²) < 4.78 is 0.940. The summed E-state index contributed by atoms with van der Waals surface area (Å²) in [5, 5.41) is 0. The third-order valence-electron chi connectivity index (χ3n) is 2.56. The standard InChI is InChI=1S/C10H16BrN3/c1-7(2)8(3)14(4)10-9(11)5-12-6-13-10/h5-8H,1-4H3. The minimum atomic E-state index is 0.459. The Labute approximate surface area is 93.7 Å². The maximum atomic E-state index is 4.25. The van der Waals surface area contributed by atoms with Gasteiger partial charge in [-0.1, -0.05) is 13.8 Å². The number of rotatable bonds is 3. The molecule has 0 radical (unpaired) electrons. The highest BCUT2D eigenvalue weighted by Gasteiger charge is 2.16. The fourth-order valence-electron chi connectivity index (χ4n) is 1.21. The summed E-state index contributed by atoms with van der Waals surface area (Å²) in [6.45, 7) is 6.60. The molecule has 1 atom stereocenters. The molecule has 0 fully saturated rings. The van der Waals surface area contributed by atoms with Crippen LogP contribution >= 0.6 is 15.9 Å². The molecule has 0 saturated carbocycles. The summed E-state index contributed by atoms with van der Waals surface area (Å²) in [6.07, 6.45) is 3.34. The predicted octanol–water partition coefficient (Wildman–Crippen LogP) is 2.72. The Balaban J connectivity index is 2.89. The molecule has 1 aromatic rings.